The van der Waals surface area contributed by atoms with Crippen molar-refractivity contribution >= 4 is 5.97 Å². The lowest BCUT2D eigenvalue weighted by Gasteiger charge is -2.15. The van der Waals surface area contributed by atoms with Crippen molar-refractivity contribution in [1.29, 1.82) is 0 Å². The topological polar surface area (TPSA) is 81.8 Å². The first kappa shape index (κ1) is 16.8. The number of carbonyl (C=O) groups is 1. The summed E-state index contributed by atoms with van der Waals surface area (Å²) in [7, 11) is 1.54. The maximum absolute atomic E-state index is 10.8. The summed E-state index contributed by atoms with van der Waals surface area (Å²) in [6.45, 7) is 2.46. The molecule has 0 bridgehead atoms. The minimum atomic E-state index is -0.934. The van der Waals surface area contributed by atoms with Crippen LogP contribution < -0.4 is 15.2 Å². The highest BCUT2D eigenvalue weighted by Gasteiger charge is 2.14. The maximum atomic E-state index is 10.8. The van der Waals surface area contributed by atoms with Crippen LogP contribution in [-0.2, 0) is 11.4 Å². The Bertz CT molecular complexity index is 667. The van der Waals surface area contributed by atoms with E-state index in [1.54, 1.807) is 25.3 Å². The minimum absolute atomic E-state index is 0.132. The Kier molecular flexibility index (Phi) is 5.60. The average Bonchev–Trinajstić information content (AvgIpc) is 2.53. The monoisotopic (exact) mass is 315 g/mol. The summed E-state index contributed by atoms with van der Waals surface area (Å²) < 4.78 is 11.1. The van der Waals surface area contributed by atoms with Gasteiger partial charge in [-0.1, -0.05) is 35.9 Å². The van der Waals surface area contributed by atoms with Gasteiger partial charge in [-0.3, -0.25) is 4.79 Å². The molecular formula is C18H21NO4. The van der Waals surface area contributed by atoms with Crippen molar-refractivity contribution in [3.63, 3.8) is 0 Å². The highest BCUT2D eigenvalue weighted by molar-refractivity contribution is 5.68. The summed E-state index contributed by atoms with van der Waals surface area (Å²) in [5.41, 5.74) is 8.83. The predicted octanol–water partition coefficient (Wildman–Crippen LogP) is 3.06. The second-order valence-corrected chi connectivity index (χ2v) is 5.39. The van der Waals surface area contributed by atoms with Crippen LogP contribution in [0.3, 0.4) is 0 Å². The molecule has 0 radical (unpaired) electrons. The summed E-state index contributed by atoms with van der Waals surface area (Å²) >= 11 is 0. The van der Waals surface area contributed by atoms with Gasteiger partial charge in [0.15, 0.2) is 11.5 Å². The van der Waals surface area contributed by atoms with Crippen LogP contribution in [0.15, 0.2) is 42.5 Å². The van der Waals surface area contributed by atoms with Crippen LogP contribution in [-0.4, -0.2) is 18.2 Å². The molecule has 1 atom stereocenters. The van der Waals surface area contributed by atoms with E-state index in [2.05, 4.69) is 0 Å². The van der Waals surface area contributed by atoms with Gasteiger partial charge in [0.1, 0.15) is 6.61 Å². The molecule has 0 aliphatic rings. The Morgan fingerprint density at radius 2 is 1.87 bits per heavy atom. The largest absolute Gasteiger partial charge is 0.493 e. The first-order chi connectivity index (χ1) is 11.0. The van der Waals surface area contributed by atoms with Gasteiger partial charge in [0.2, 0.25) is 0 Å². The molecule has 0 aromatic heterocycles. The molecule has 0 saturated heterocycles. The molecule has 23 heavy (non-hydrogen) atoms. The van der Waals surface area contributed by atoms with E-state index in [9.17, 15) is 4.79 Å². The molecule has 0 saturated carbocycles. The summed E-state index contributed by atoms with van der Waals surface area (Å²) in [6, 6.07) is 12.8. The van der Waals surface area contributed by atoms with Crippen molar-refractivity contribution in [2.24, 2.45) is 5.73 Å². The molecule has 2 rings (SSSR count). The number of aryl methyl sites for hydroxylation is 1. The number of rotatable bonds is 7. The van der Waals surface area contributed by atoms with Gasteiger partial charge in [0.05, 0.1) is 13.5 Å². The van der Waals surface area contributed by atoms with Crippen LogP contribution in [0.25, 0.3) is 0 Å². The van der Waals surface area contributed by atoms with Gasteiger partial charge < -0.3 is 20.3 Å². The molecule has 0 fully saturated rings. The van der Waals surface area contributed by atoms with E-state index in [1.807, 2.05) is 31.2 Å². The highest BCUT2D eigenvalue weighted by Crippen LogP contribution is 2.31. The van der Waals surface area contributed by atoms with E-state index in [0.29, 0.717) is 23.7 Å². The van der Waals surface area contributed by atoms with Gasteiger partial charge in [-0.05, 0) is 30.2 Å². The third-order valence-corrected chi connectivity index (χ3v) is 3.53. The van der Waals surface area contributed by atoms with E-state index in [4.69, 9.17) is 20.3 Å². The Morgan fingerprint density at radius 3 is 2.48 bits per heavy atom. The molecule has 1 unspecified atom stereocenters. The third kappa shape index (κ3) is 4.72. The van der Waals surface area contributed by atoms with Crippen LogP contribution in [0.5, 0.6) is 11.5 Å². The Morgan fingerprint density at radius 1 is 1.17 bits per heavy atom. The average molecular weight is 315 g/mol. The number of benzene rings is 2. The molecule has 3 N–H and O–H groups in total. The van der Waals surface area contributed by atoms with Crippen molar-refractivity contribution in [3.8, 4) is 11.5 Å². The first-order valence-electron chi connectivity index (χ1n) is 7.33. The summed E-state index contributed by atoms with van der Waals surface area (Å²) in [5.74, 6) is 0.200. The van der Waals surface area contributed by atoms with Gasteiger partial charge in [0, 0.05) is 6.04 Å². The molecular weight excluding hydrogens is 294 g/mol. The minimum Gasteiger partial charge on any atom is -0.493 e. The fraction of sp³-hybridized carbons (Fsp3) is 0.278. The lowest BCUT2D eigenvalue weighted by molar-refractivity contribution is -0.137. The van der Waals surface area contributed by atoms with E-state index in [1.165, 1.54) is 5.56 Å². The van der Waals surface area contributed by atoms with E-state index < -0.39 is 12.0 Å². The van der Waals surface area contributed by atoms with Crippen molar-refractivity contribution in [2.45, 2.75) is 26.0 Å². The zero-order valence-corrected chi connectivity index (χ0v) is 13.3. The fourth-order valence-corrected chi connectivity index (χ4v) is 2.19. The van der Waals surface area contributed by atoms with Gasteiger partial charge >= 0.3 is 5.97 Å². The van der Waals surface area contributed by atoms with Crippen LogP contribution in [0.1, 0.15) is 29.2 Å². The van der Waals surface area contributed by atoms with Gasteiger partial charge in [0.25, 0.3) is 0 Å². The number of methoxy groups -OCH3 is 1. The normalized spacial score (nSPS) is 11.8. The number of hydrogen-bond donors (Lipinski definition) is 2. The van der Waals surface area contributed by atoms with Gasteiger partial charge in [-0.2, -0.15) is 0 Å². The Labute approximate surface area is 135 Å². The fourth-order valence-electron chi connectivity index (χ4n) is 2.19. The van der Waals surface area contributed by atoms with Crippen LogP contribution >= 0.6 is 0 Å². The molecule has 0 heterocycles. The number of nitrogens with two attached hydrogens (primary N) is 1. The van der Waals surface area contributed by atoms with Gasteiger partial charge in [-0.15, -0.1) is 0 Å². The van der Waals surface area contributed by atoms with Crippen LogP contribution in [0, 0.1) is 6.92 Å². The molecule has 0 aliphatic heterocycles. The number of hydrogen-bond acceptors (Lipinski definition) is 4. The van der Waals surface area contributed by atoms with E-state index in [0.717, 1.165) is 5.56 Å². The molecule has 5 heteroatoms. The molecule has 0 spiro atoms. The Balaban J connectivity index is 2.09. The molecule has 5 nitrogen and oxygen atoms in total. The highest BCUT2D eigenvalue weighted by atomic mass is 16.5. The third-order valence-electron chi connectivity index (χ3n) is 3.53. The van der Waals surface area contributed by atoms with Gasteiger partial charge in [-0.25, -0.2) is 0 Å². The Hall–Kier alpha value is -2.53. The van der Waals surface area contributed by atoms with E-state index >= 15 is 0 Å². The molecule has 122 valence electrons. The lowest BCUT2D eigenvalue weighted by Crippen LogP contribution is -2.15. The molecule has 2 aromatic carbocycles. The number of ether oxygens (including phenoxy) is 2. The van der Waals surface area contributed by atoms with Crippen molar-refractivity contribution in [1.82, 2.24) is 0 Å². The smallest absolute Gasteiger partial charge is 0.305 e. The zero-order valence-electron chi connectivity index (χ0n) is 13.3. The first-order valence-corrected chi connectivity index (χ1v) is 7.33. The van der Waals surface area contributed by atoms with Crippen LogP contribution in [0.4, 0.5) is 0 Å². The molecule has 0 aliphatic carbocycles. The van der Waals surface area contributed by atoms with Crippen LogP contribution in [0.2, 0.25) is 0 Å². The van der Waals surface area contributed by atoms with E-state index in [-0.39, 0.29) is 6.42 Å². The number of aliphatic carboxylic acids is 1. The quantitative estimate of drug-likeness (QED) is 0.820. The maximum Gasteiger partial charge on any atom is 0.305 e. The zero-order chi connectivity index (χ0) is 16.8. The SMILES string of the molecule is COc1cc(C(N)CC(=O)O)ccc1OCc1ccc(C)cc1. The summed E-state index contributed by atoms with van der Waals surface area (Å²) in [5, 5.41) is 8.82. The molecule has 2 aromatic rings. The number of carboxylic acid groups (broad SMARTS) is 1. The van der Waals surface area contributed by atoms with Crippen molar-refractivity contribution < 1.29 is 19.4 Å². The second-order valence-electron chi connectivity index (χ2n) is 5.39. The van der Waals surface area contributed by atoms with Crippen molar-refractivity contribution in [2.75, 3.05) is 7.11 Å². The van der Waals surface area contributed by atoms with Crippen molar-refractivity contribution in [3.05, 3.63) is 59.2 Å². The predicted molar refractivity (Wildman–Crippen MR) is 87.7 cm³/mol. The lowest BCUT2D eigenvalue weighted by atomic mass is 10.0. The number of carboxylic acids is 1. The molecule has 0 amide bonds. The second kappa shape index (κ2) is 7.65. The summed E-state index contributed by atoms with van der Waals surface area (Å²) in [6.07, 6.45) is -0.132. The summed E-state index contributed by atoms with van der Waals surface area (Å²) in [4.78, 5) is 10.8. The standard InChI is InChI=1S/C18H21NO4/c1-12-3-5-13(6-4-12)11-23-16-8-7-14(9-17(16)22-2)15(19)10-18(20)21/h3-9,15H,10-11,19H2,1-2H3,(H,20,21).